The Morgan fingerprint density at radius 2 is 0.844 bits per heavy atom. The van der Waals surface area contributed by atoms with E-state index in [1.807, 2.05) is 6.07 Å². The third-order valence-corrected chi connectivity index (χ3v) is 8.90. The Morgan fingerprint density at radius 3 is 1.53 bits per heavy atom. The first kappa shape index (κ1) is 25.4. The highest BCUT2D eigenvalue weighted by atomic mass is 15.2. The molecule has 45 heavy (non-hydrogen) atoms. The highest BCUT2D eigenvalue weighted by Gasteiger charge is 2.18. The van der Waals surface area contributed by atoms with Crippen molar-refractivity contribution in [2.24, 2.45) is 0 Å². The topological polar surface area (TPSA) is 30.7 Å². The number of hydrogen-bond acceptors (Lipinski definition) is 2. The lowest BCUT2D eigenvalue weighted by molar-refractivity contribution is 0.977. The van der Waals surface area contributed by atoms with E-state index in [4.69, 9.17) is 10.2 Å². The van der Waals surface area contributed by atoms with Crippen LogP contribution >= 0.6 is 0 Å². The van der Waals surface area contributed by atoms with Gasteiger partial charge in [-0.2, -0.15) is 0 Å². The Balaban J connectivity index is 1.15. The van der Waals surface area contributed by atoms with Crippen molar-refractivity contribution >= 4 is 43.4 Å². The first-order valence-electron chi connectivity index (χ1n) is 15.3. The fourth-order valence-corrected chi connectivity index (χ4v) is 6.66. The van der Waals surface area contributed by atoms with Gasteiger partial charge in [0.2, 0.25) is 0 Å². The second-order valence-electron chi connectivity index (χ2n) is 11.5. The van der Waals surface area contributed by atoms with E-state index in [2.05, 4.69) is 162 Å². The lowest BCUT2D eigenvalue weighted by Crippen LogP contribution is -2.02. The minimum Gasteiger partial charge on any atom is -0.292 e. The first-order chi connectivity index (χ1) is 22.3. The average molecular weight is 574 g/mol. The van der Waals surface area contributed by atoms with Crippen molar-refractivity contribution in [3.8, 4) is 39.3 Å². The van der Waals surface area contributed by atoms with Crippen molar-refractivity contribution < 1.29 is 0 Å². The van der Waals surface area contributed by atoms with Crippen LogP contribution in [0.15, 0.2) is 164 Å². The fourth-order valence-electron chi connectivity index (χ4n) is 6.66. The molecule has 0 amide bonds. The molecule has 210 valence electrons. The fraction of sp³-hybridized carbons (Fsp3) is 0. The largest absolute Gasteiger partial charge is 0.292 e. The Bertz CT molecular complexity index is 2510. The van der Waals surface area contributed by atoms with Crippen LogP contribution in [0.2, 0.25) is 0 Å². The molecule has 0 aliphatic rings. The third-order valence-electron chi connectivity index (χ3n) is 8.90. The second kappa shape index (κ2) is 10.3. The van der Waals surface area contributed by atoms with E-state index < -0.39 is 0 Å². The molecular formula is C42H27N3. The van der Waals surface area contributed by atoms with Crippen LogP contribution in [0.25, 0.3) is 82.7 Å². The van der Waals surface area contributed by atoms with E-state index in [1.165, 1.54) is 43.8 Å². The molecule has 0 saturated carbocycles. The smallest absolute Gasteiger partial charge is 0.168 e. The van der Waals surface area contributed by atoms with Gasteiger partial charge in [0, 0.05) is 27.1 Å². The zero-order valence-electron chi connectivity index (χ0n) is 24.4. The van der Waals surface area contributed by atoms with Gasteiger partial charge in [-0.05, 0) is 51.2 Å². The van der Waals surface area contributed by atoms with Crippen LogP contribution in [0.5, 0.6) is 0 Å². The van der Waals surface area contributed by atoms with E-state index in [0.29, 0.717) is 0 Å². The molecule has 2 heterocycles. The van der Waals surface area contributed by atoms with Gasteiger partial charge in [0.15, 0.2) is 5.82 Å². The van der Waals surface area contributed by atoms with Crippen molar-refractivity contribution in [3.63, 3.8) is 0 Å². The van der Waals surface area contributed by atoms with E-state index in [0.717, 1.165) is 38.9 Å². The maximum atomic E-state index is 4.94. The Hall–Kier alpha value is -6.06. The summed E-state index contributed by atoms with van der Waals surface area (Å²) in [5, 5.41) is 16.8. The van der Waals surface area contributed by atoms with E-state index in [9.17, 15) is 0 Å². The quantitative estimate of drug-likeness (QED) is 0.210. The minimum absolute atomic E-state index is 0.839. The van der Waals surface area contributed by atoms with E-state index in [-0.39, 0.29) is 0 Å². The molecule has 0 atom stereocenters. The number of aromatic nitrogens is 3. The summed E-state index contributed by atoms with van der Waals surface area (Å²) in [7, 11) is 0. The van der Waals surface area contributed by atoms with Crippen LogP contribution in [-0.2, 0) is 0 Å². The van der Waals surface area contributed by atoms with Crippen LogP contribution in [0.3, 0.4) is 0 Å². The summed E-state index contributed by atoms with van der Waals surface area (Å²) in [4.78, 5) is 0. The standard InChI is InChI=1S/C42H27N3/c1-2-10-28(11-3-1)29-18-20-30(21-19-29)31-22-24-32(25-23-31)41-36-15-6-7-16-37(36)42(44-43-41)45-39-17-9-8-14-35(39)38-26-33-12-4-5-13-34(33)27-40(38)45/h1-27H. The number of nitrogens with zero attached hydrogens (tertiary/aromatic N) is 3. The van der Waals surface area contributed by atoms with Crippen molar-refractivity contribution in [1.82, 2.24) is 14.8 Å². The summed E-state index contributed by atoms with van der Waals surface area (Å²) in [5.74, 6) is 0.839. The summed E-state index contributed by atoms with van der Waals surface area (Å²) in [6.07, 6.45) is 0. The minimum atomic E-state index is 0.839. The normalized spacial score (nSPS) is 11.6. The predicted molar refractivity (Wildman–Crippen MR) is 188 cm³/mol. The predicted octanol–water partition coefficient (Wildman–Crippen LogP) is 10.9. The highest BCUT2D eigenvalue weighted by Crippen LogP contribution is 2.37. The molecule has 2 aromatic heterocycles. The van der Waals surface area contributed by atoms with Crippen LogP contribution in [0.1, 0.15) is 0 Å². The number of rotatable bonds is 4. The van der Waals surface area contributed by atoms with Crippen molar-refractivity contribution in [2.75, 3.05) is 0 Å². The molecule has 0 aliphatic heterocycles. The molecule has 9 aromatic rings. The molecule has 3 nitrogen and oxygen atoms in total. The Labute approximate surface area is 260 Å². The van der Waals surface area contributed by atoms with Crippen molar-refractivity contribution in [3.05, 3.63) is 164 Å². The summed E-state index contributed by atoms with van der Waals surface area (Å²) < 4.78 is 2.28. The summed E-state index contributed by atoms with van der Waals surface area (Å²) >= 11 is 0. The van der Waals surface area contributed by atoms with Gasteiger partial charge in [0.25, 0.3) is 0 Å². The zero-order valence-corrected chi connectivity index (χ0v) is 24.4. The van der Waals surface area contributed by atoms with Gasteiger partial charge >= 0.3 is 0 Å². The molecule has 0 spiro atoms. The van der Waals surface area contributed by atoms with Crippen LogP contribution in [-0.4, -0.2) is 14.8 Å². The maximum absolute atomic E-state index is 4.94. The van der Waals surface area contributed by atoms with Gasteiger partial charge in [-0.1, -0.05) is 146 Å². The molecule has 0 unspecified atom stereocenters. The maximum Gasteiger partial charge on any atom is 0.168 e. The number of hydrogen-bond donors (Lipinski definition) is 0. The molecule has 0 fully saturated rings. The van der Waals surface area contributed by atoms with E-state index in [1.54, 1.807) is 0 Å². The molecule has 0 radical (unpaired) electrons. The average Bonchev–Trinajstić information content (AvgIpc) is 3.43. The zero-order chi connectivity index (χ0) is 29.7. The molecular weight excluding hydrogens is 546 g/mol. The lowest BCUT2D eigenvalue weighted by atomic mass is 9.98. The first-order valence-corrected chi connectivity index (χ1v) is 15.3. The summed E-state index contributed by atoms with van der Waals surface area (Å²) in [6.45, 7) is 0. The molecule has 7 aromatic carbocycles. The molecule has 3 heteroatoms. The summed E-state index contributed by atoms with van der Waals surface area (Å²) in [6, 6.07) is 58.1. The molecule has 0 aliphatic carbocycles. The summed E-state index contributed by atoms with van der Waals surface area (Å²) in [5.41, 5.74) is 8.98. The Kier molecular flexibility index (Phi) is 5.82. The van der Waals surface area contributed by atoms with Gasteiger partial charge in [-0.3, -0.25) is 4.57 Å². The van der Waals surface area contributed by atoms with Gasteiger partial charge in [-0.25, -0.2) is 0 Å². The van der Waals surface area contributed by atoms with Crippen LogP contribution < -0.4 is 0 Å². The van der Waals surface area contributed by atoms with Gasteiger partial charge in [0.05, 0.1) is 11.0 Å². The van der Waals surface area contributed by atoms with Gasteiger partial charge < -0.3 is 0 Å². The van der Waals surface area contributed by atoms with Crippen molar-refractivity contribution in [2.45, 2.75) is 0 Å². The molecule has 0 bridgehead atoms. The SMILES string of the molecule is c1ccc(-c2ccc(-c3ccc(-c4nnc(-n5c6ccccc6c6cc7ccccc7cc65)c5ccccc45)cc3)cc2)cc1. The molecule has 0 N–H and O–H groups in total. The third kappa shape index (κ3) is 4.21. The highest BCUT2D eigenvalue weighted by molar-refractivity contribution is 6.14. The van der Waals surface area contributed by atoms with Crippen LogP contribution in [0, 0.1) is 0 Å². The van der Waals surface area contributed by atoms with Crippen LogP contribution in [0.4, 0.5) is 0 Å². The number of para-hydroxylation sites is 1. The monoisotopic (exact) mass is 573 g/mol. The second-order valence-corrected chi connectivity index (χ2v) is 11.5. The number of fused-ring (bicyclic) bond motifs is 5. The van der Waals surface area contributed by atoms with E-state index >= 15 is 0 Å². The van der Waals surface area contributed by atoms with Crippen molar-refractivity contribution in [1.29, 1.82) is 0 Å². The number of benzene rings is 7. The molecule has 0 saturated heterocycles. The van der Waals surface area contributed by atoms with Gasteiger partial charge in [0.1, 0.15) is 5.69 Å². The Morgan fingerprint density at radius 1 is 0.333 bits per heavy atom. The lowest BCUT2D eigenvalue weighted by Gasteiger charge is -2.13. The van der Waals surface area contributed by atoms with Gasteiger partial charge in [-0.15, -0.1) is 10.2 Å². The molecule has 9 rings (SSSR count).